The second-order valence-corrected chi connectivity index (χ2v) is 8.17. The molecular weight excluding hydrogens is 380 g/mol. The predicted octanol–water partition coefficient (Wildman–Crippen LogP) is 5.56. The van der Waals surface area contributed by atoms with Crippen molar-refractivity contribution in [3.05, 3.63) is 131 Å². The Hall–Kier alpha value is -3.59. The molecule has 1 unspecified atom stereocenters. The Bertz CT molecular complexity index is 1140. The zero-order valence-electron chi connectivity index (χ0n) is 17.7. The molecule has 0 radical (unpaired) electrons. The molecule has 1 aromatic heterocycles. The number of amides is 1. The number of hydrogen-bond acceptors (Lipinski definition) is 1. The van der Waals surface area contributed by atoms with Gasteiger partial charge in [-0.15, -0.1) is 0 Å². The fourth-order valence-corrected chi connectivity index (χ4v) is 4.78. The van der Waals surface area contributed by atoms with E-state index in [2.05, 4.69) is 83.3 Å². The van der Waals surface area contributed by atoms with Gasteiger partial charge < -0.3 is 9.47 Å². The lowest BCUT2D eigenvalue weighted by molar-refractivity contribution is -0.134. The van der Waals surface area contributed by atoms with Gasteiger partial charge in [0.15, 0.2) is 0 Å². The van der Waals surface area contributed by atoms with Crippen LogP contribution in [-0.4, -0.2) is 21.9 Å². The Morgan fingerprint density at radius 3 is 2.03 bits per heavy atom. The molecule has 2 heterocycles. The van der Waals surface area contributed by atoms with E-state index in [0.29, 0.717) is 6.54 Å². The number of carbonyl (C=O) groups excluding carboxylic acids is 1. The summed E-state index contributed by atoms with van der Waals surface area (Å²) in [5.41, 5.74) is 5.63. The standard InChI is InChI=1S/C28H26N2O/c1-21-11-8-9-16-24(21)27-25-17-10-18-29(25)19-20-30(27)28(31)26(22-12-4-2-5-13-22)23-14-6-3-7-15-23/h2-18,26-27H,19-20H2,1H3. The van der Waals surface area contributed by atoms with Crippen LogP contribution in [0.2, 0.25) is 0 Å². The SMILES string of the molecule is Cc1ccccc1C1c2cccn2CCN1C(=O)C(c1ccccc1)c1ccccc1. The van der Waals surface area contributed by atoms with E-state index >= 15 is 0 Å². The number of aromatic nitrogens is 1. The van der Waals surface area contributed by atoms with Gasteiger partial charge in [-0.25, -0.2) is 0 Å². The molecule has 1 atom stereocenters. The lowest BCUT2D eigenvalue weighted by Gasteiger charge is -2.40. The van der Waals surface area contributed by atoms with E-state index in [1.807, 2.05) is 36.4 Å². The molecule has 0 fully saturated rings. The minimum absolute atomic E-state index is 0.0904. The number of carbonyl (C=O) groups is 1. The van der Waals surface area contributed by atoms with Gasteiger partial charge in [-0.3, -0.25) is 4.79 Å². The molecule has 0 aliphatic carbocycles. The highest BCUT2D eigenvalue weighted by atomic mass is 16.2. The Morgan fingerprint density at radius 1 is 0.774 bits per heavy atom. The molecule has 5 rings (SSSR count). The first-order valence-electron chi connectivity index (χ1n) is 10.8. The maximum absolute atomic E-state index is 14.2. The number of nitrogens with zero attached hydrogens (tertiary/aromatic N) is 2. The van der Waals surface area contributed by atoms with E-state index in [9.17, 15) is 4.79 Å². The third-order valence-corrected chi connectivity index (χ3v) is 6.32. The van der Waals surface area contributed by atoms with Crippen LogP contribution < -0.4 is 0 Å². The van der Waals surface area contributed by atoms with Crippen LogP contribution in [0.15, 0.2) is 103 Å². The van der Waals surface area contributed by atoms with Crippen LogP contribution in [0.5, 0.6) is 0 Å². The highest BCUT2D eigenvalue weighted by Gasteiger charge is 2.37. The molecule has 4 aromatic rings. The van der Waals surface area contributed by atoms with E-state index in [-0.39, 0.29) is 17.9 Å². The van der Waals surface area contributed by atoms with Crippen LogP contribution in [0, 0.1) is 6.92 Å². The van der Waals surface area contributed by atoms with E-state index in [0.717, 1.165) is 17.7 Å². The molecule has 1 aliphatic rings. The van der Waals surface area contributed by atoms with E-state index < -0.39 is 0 Å². The molecule has 3 aromatic carbocycles. The van der Waals surface area contributed by atoms with Crippen molar-refractivity contribution in [2.75, 3.05) is 6.54 Å². The summed E-state index contributed by atoms with van der Waals surface area (Å²) in [6, 6.07) is 32.8. The lowest BCUT2D eigenvalue weighted by atomic mass is 9.88. The lowest BCUT2D eigenvalue weighted by Crippen LogP contribution is -2.45. The van der Waals surface area contributed by atoms with Crippen molar-refractivity contribution < 1.29 is 4.79 Å². The first kappa shape index (κ1) is 19.4. The second-order valence-electron chi connectivity index (χ2n) is 8.17. The third-order valence-electron chi connectivity index (χ3n) is 6.32. The summed E-state index contributed by atoms with van der Waals surface area (Å²) in [4.78, 5) is 16.3. The van der Waals surface area contributed by atoms with Crippen molar-refractivity contribution in [2.24, 2.45) is 0 Å². The Kier molecular flexibility index (Phi) is 5.17. The smallest absolute Gasteiger partial charge is 0.235 e. The largest absolute Gasteiger partial charge is 0.348 e. The molecule has 0 saturated carbocycles. The van der Waals surface area contributed by atoms with Gasteiger partial charge in [0.2, 0.25) is 5.91 Å². The van der Waals surface area contributed by atoms with Crippen LogP contribution in [0.25, 0.3) is 0 Å². The molecule has 1 amide bonds. The van der Waals surface area contributed by atoms with Gasteiger partial charge in [0.25, 0.3) is 0 Å². The Balaban J connectivity index is 1.63. The van der Waals surface area contributed by atoms with Crippen molar-refractivity contribution in [1.82, 2.24) is 9.47 Å². The number of fused-ring (bicyclic) bond motifs is 1. The molecule has 1 aliphatic heterocycles. The molecule has 154 valence electrons. The van der Waals surface area contributed by atoms with Gasteiger partial charge in [-0.1, -0.05) is 84.9 Å². The van der Waals surface area contributed by atoms with Crippen LogP contribution in [-0.2, 0) is 11.3 Å². The number of rotatable bonds is 4. The van der Waals surface area contributed by atoms with Crippen LogP contribution in [0.4, 0.5) is 0 Å². The monoisotopic (exact) mass is 406 g/mol. The average molecular weight is 407 g/mol. The normalized spacial score (nSPS) is 15.7. The first-order chi connectivity index (χ1) is 15.2. The average Bonchev–Trinajstić information content (AvgIpc) is 3.29. The summed E-state index contributed by atoms with van der Waals surface area (Å²) in [5.74, 6) is -0.173. The number of aryl methyl sites for hydroxylation is 1. The maximum atomic E-state index is 14.2. The van der Waals surface area contributed by atoms with Crippen molar-refractivity contribution in [3.63, 3.8) is 0 Å². The molecule has 0 N–H and O–H groups in total. The third kappa shape index (κ3) is 3.57. The van der Waals surface area contributed by atoms with Gasteiger partial charge in [0, 0.05) is 25.0 Å². The minimum Gasteiger partial charge on any atom is -0.348 e. The zero-order valence-corrected chi connectivity index (χ0v) is 17.7. The molecule has 3 nitrogen and oxygen atoms in total. The summed E-state index contributed by atoms with van der Waals surface area (Å²) in [5, 5.41) is 0. The van der Waals surface area contributed by atoms with Crippen LogP contribution in [0.3, 0.4) is 0 Å². The van der Waals surface area contributed by atoms with Crippen molar-refractivity contribution >= 4 is 5.91 Å². The first-order valence-corrected chi connectivity index (χ1v) is 10.8. The maximum Gasteiger partial charge on any atom is 0.235 e. The van der Waals surface area contributed by atoms with Gasteiger partial charge in [0.05, 0.1) is 12.0 Å². The summed E-state index contributed by atoms with van der Waals surface area (Å²) < 4.78 is 2.28. The fourth-order valence-electron chi connectivity index (χ4n) is 4.78. The Labute approximate surface area is 183 Å². The highest BCUT2D eigenvalue weighted by Crippen LogP contribution is 2.37. The molecule has 0 bridgehead atoms. The van der Waals surface area contributed by atoms with Crippen molar-refractivity contribution in [2.45, 2.75) is 25.4 Å². The fraction of sp³-hybridized carbons (Fsp3) is 0.179. The number of benzene rings is 3. The van der Waals surface area contributed by atoms with E-state index in [1.54, 1.807) is 0 Å². The topological polar surface area (TPSA) is 25.2 Å². The quantitative estimate of drug-likeness (QED) is 0.436. The van der Waals surface area contributed by atoms with Crippen LogP contribution in [0.1, 0.15) is 39.9 Å². The second kappa shape index (κ2) is 8.27. The summed E-state index contributed by atoms with van der Waals surface area (Å²) >= 11 is 0. The van der Waals surface area contributed by atoms with E-state index in [4.69, 9.17) is 0 Å². The summed E-state index contributed by atoms with van der Waals surface area (Å²) in [7, 11) is 0. The summed E-state index contributed by atoms with van der Waals surface area (Å²) in [6.07, 6.45) is 2.12. The summed E-state index contributed by atoms with van der Waals surface area (Å²) in [6.45, 7) is 3.63. The van der Waals surface area contributed by atoms with Crippen LogP contribution >= 0.6 is 0 Å². The van der Waals surface area contributed by atoms with Crippen molar-refractivity contribution in [1.29, 1.82) is 0 Å². The molecule has 0 spiro atoms. The van der Waals surface area contributed by atoms with Gasteiger partial charge in [-0.2, -0.15) is 0 Å². The molecule has 31 heavy (non-hydrogen) atoms. The number of hydrogen-bond donors (Lipinski definition) is 0. The van der Waals surface area contributed by atoms with Crippen molar-refractivity contribution in [3.8, 4) is 0 Å². The molecule has 3 heteroatoms. The van der Waals surface area contributed by atoms with Gasteiger partial charge in [-0.05, 0) is 41.3 Å². The van der Waals surface area contributed by atoms with Gasteiger partial charge in [0.1, 0.15) is 0 Å². The Morgan fingerprint density at radius 2 is 1.39 bits per heavy atom. The minimum atomic E-state index is -0.324. The van der Waals surface area contributed by atoms with E-state index in [1.165, 1.54) is 16.8 Å². The molecule has 0 saturated heterocycles. The molecular formula is C28H26N2O. The van der Waals surface area contributed by atoms with Gasteiger partial charge >= 0.3 is 0 Å². The highest BCUT2D eigenvalue weighted by molar-refractivity contribution is 5.88. The predicted molar refractivity (Wildman–Crippen MR) is 124 cm³/mol. The zero-order chi connectivity index (χ0) is 21.2.